The summed E-state index contributed by atoms with van der Waals surface area (Å²) in [6.07, 6.45) is 10.9. The molecule has 1 nitrogen and oxygen atoms in total. The van der Waals surface area contributed by atoms with Crippen molar-refractivity contribution in [2.24, 2.45) is 0 Å². The van der Waals surface area contributed by atoms with E-state index in [2.05, 4.69) is 12.2 Å². The van der Waals surface area contributed by atoms with Crippen molar-refractivity contribution < 1.29 is 0 Å². The fraction of sp³-hybridized carbons (Fsp3) is 0.647. The highest BCUT2D eigenvalue weighted by Crippen LogP contribution is 2.18. The Morgan fingerprint density at radius 2 is 1.35 bits per heavy atom. The molecule has 0 radical (unpaired) electrons. The van der Waals surface area contributed by atoms with E-state index in [4.69, 9.17) is 23.2 Å². The zero-order valence-corrected chi connectivity index (χ0v) is 14.1. The van der Waals surface area contributed by atoms with Gasteiger partial charge in [0.15, 0.2) is 0 Å². The third kappa shape index (κ3) is 8.84. The fourth-order valence-corrected chi connectivity index (χ4v) is 2.90. The largest absolute Gasteiger partial charge is 0.313 e. The number of hydrogen-bond donors (Lipinski definition) is 1. The van der Waals surface area contributed by atoms with Gasteiger partial charge < -0.3 is 5.32 Å². The number of rotatable bonds is 11. The maximum atomic E-state index is 5.97. The first-order valence-corrected chi connectivity index (χ1v) is 8.63. The summed E-state index contributed by atoms with van der Waals surface area (Å²) in [4.78, 5) is 0. The molecular formula is C17H27Cl2N. The van der Waals surface area contributed by atoms with Crippen LogP contribution >= 0.6 is 23.2 Å². The predicted molar refractivity (Wildman–Crippen MR) is 90.8 cm³/mol. The normalized spacial score (nSPS) is 10.9. The van der Waals surface area contributed by atoms with Gasteiger partial charge in [0, 0.05) is 16.6 Å². The van der Waals surface area contributed by atoms with Gasteiger partial charge in [0.1, 0.15) is 0 Å². The molecule has 0 aromatic heterocycles. The molecule has 0 aliphatic heterocycles. The van der Waals surface area contributed by atoms with Gasteiger partial charge in [0.05, 0.1) is 0 Å². The number of hydrogen-bond acceptors (Lipinski definition) is 1. The van der Waals surface area contributed by atoms with Crippen LogP contribution in [0.25, 0.3) is 0 Å². The second-order valence-electron chi connectivity index (χ2n) is 5.43. The Bertz CT molecular complexity index is 346. The number of benzene rings is 1. The van der Waals surface area contributed by atoms with Crippen molar-refractivity contribution in [3.8, 4) is 0 Å². The van der Waals surface area contributed by atoms with E-state index in [1.54, 1.807) is 6.07 Å². The van der Waals surface area contributed by atoms with Crippen molar-refractivity contribution in [3.63, 3.8) is 0 Å². The highest BCUT2D eigenvalue weighted by Gasteiger charge is 1.98. The first kappa shape index (κ1) is 17.8. The van der Waals surface area contributed by atoms with Gasteiger partial charge in [0.25, 0.3) is 0 Å². The smallest absolute Gasteiger partial charge is 0.0424 e. The molecule has 0 fully saturated rings. The van der Waals surface area contributed by atoms with E-state index in [1.807, 2.05) is 12.1 Å². The Morgan fingerprint density at radius 1 is 0.800 bits per heavy atom. The highest BCUT2D eigenvalue weighted by atomic mass is 35.5. The Labute approximate surface area is 134 Å². The SMILES string of the molecule is CCCCCCCCCCNCc1cc(Cl)cc(Cl)c1. The Kier molecular flexibility index (Phi) is 10.2. The highest BCUT2D eigenvalue weighted by molar-refractivity contribution is 6.34. The van der Waals surface area contributed by atoms with Gasteiger partial charge in [-0.3, -0.25) is 0 Å². The second-order valence-corrected chi connectivity index (χ2v) is 6.30. The maximum Gasteiger partial charge on any atom is 0.0424 e. The molecule has 0 unspecified atom stereocenters. The number of nitrogens with one attached hydrogen (secondary N) is 1. The predicted octanol–water partition coefficient (Wildman–Crippen LogP) is 6.22. The van der Waals surface area contributed by atoms with E-state index < -0.39 is 0 Å². The van der Waals surface area contributed by atoms with Gasteiger partial charge in [-0.05, 0) is 36.7 Å². The summed E-state index contributed by atoms with van der Waals surface area (Å²) in [5.74, 6) is 0. The first-order valence-electron chi connectivity index (χ1n) is 7.88. The zero-order chi connectivity index (χ0) is 14.6. The standard InChI is InChI=1S/C17H27Cl2N/c1-2-3-4-5-6-7-8-9-10-20-14-15-11-16(18)13-17(19)12-15/h11-13,20H,2-10,14H2,1H3. The van der Waals surface area contributed by atoms with Gasteiger partial charge in [-0.25, -0.2) is 0 Å². The van der Waals surface area contributed by atoms with E-state index in [0.29, 0.717) is 10.0 Å². The van der Waals surface area contributed by atoms with Gasteiger partial charge in [-0.15, -0.1) is 0 Å². The molecular weight excluding hydrogens is 289 g/mol. The molecule has 0 heterocycles. The van der Waals surface area contributed by atoms with Crippen LogP contribution in [0.2, 0.25) is 10.0 Å². The quantitative estimate of drug-likeness (QED) is 0.478. The van der Waals surface area contributed by atoms with Crippen LogP contribution in [0.1, 0.15) is 63.9 Å². The van der Waals surface area contributed by atoms with Crippen molar-refractivity contribution in [2.45, 2.75) is 64.8 Å². The van der Waals surface area contributed by atoms with Crippen LogP contribution in [-0.4, -0.2) is 6.54 Å². The summed E-state index contributed by atoms with van der Waals surface area (Å²) < 4.78 is 0. The molecule has 1 rings (SSSR count). The molecule has 0 spiro atoms. The molecule has 0 aliphatic rings. The lowest BCUT2D eigenvalue weighted by Crippen LogP contribution is -2.14. The molecule has 0 aliphatic carbocycles. The van der Waals surface area contributed by atoms with Crippen LogP contribution in [0.15, 0.2) is 18.2 Å². The lowest BCUT2D eigenvalue weighted by atomic mass is 10.1. The summed E-state index contributed by atoms with van der Waals surface area (Å²) in [6, 6.07) is 5.70. The van der Waals surface area contributed by atoms with Crippen molar-refractivity contribution in [3.05, 3.63) is 33.8 Å². The minimum Gasteiger partial charge on any atom is -0.313 e. The molecule has 0 saturated carbocycles. The molecule has 1 aromatic rings. The van der Waals surface area contributed by atoms with E-state index in [0.717, 1.165) is 18.7 Å². The van der Waals surface area contributed by atoms with Crippen LogP contribution in [0, 0.1) is 0 Å². The molecule has 0 bridgehead atoms. The average Bonchev–Trinajstić information content (AvgIpc) is 2.40. The molecule has 20 heavy (non-hydrogen) atoms. The lowest BCUT2D eigenvalue weighted by molar-refractivity contribution is 0.555. The lowest BCUT2D eigenvalue weighted by Gasteiger charge is -2.06. The van der Waals surface area contributed by atoms with E-state index in [1.165, 1.54) is 51.4 Å². The summed E-state index contributed by atoms with van der Waals surface area (Å²) in [5.41, 5.74) is 1.15. The Morgan fingerprint density at radius 3 is 1.95 bits per heavy atom. The van der Waals surface area contributed by atoms with Crippen LogP contribution < -0.4 is 5.32 Å². The second kappa shape index (κ2) is 11.4. The maximum absolute atomic E-state index is 5.97. The van der Waals surface area contributed by atoms with Crippen molar-refractivity contribution in [2.75, 3.05) is 6.54 Å². The van der Waals surface area contributed by atoms with Gasteiger partial charge in [-0.2, -0.15) is 0 Å². The summed E-state index contributed by atoms with van der Waals surface area (Å²) in [7, 11) is 0. The molecule has 1 N–H and O–H groups in total. The first-order chi connectivity index (χ1) is 9.72. The Balaban J connectivity index is 1.97. The number of halogens is 2. The van der Waals surface area contributed by atoms with E-state index in [9.17, 15) is 0 Å². The van der Waals surface area contributed by atoms with Crippen LogP contribution in [0.4, 0.5) is 0 Å². The Hall–Kier alpha value is -0.240. The third-order valence-electron chi connectivity index (χ3n) is 3.46. The molecule has 1 aromatic carbocycles. The minimum absolute atomic E-state index is 0.710. The topological polar surface area (TPSA) is 12.0 Å². The molecule has 0 saturated heterocycles. The van der Waals surface area contributed by atoms with Crippen LogP contribution in [0.3, 0.4) is 0 Å². The average molecular weight is 316 g/mol. The zero-order valence-electron chi connectivity index (χ0n) is 12.6. The third-order valence-corrected chi connectivity index (χ3v) is 3.90. The van der Waals surface area contributed by atoms with Gasteiger partial charge in [0.2, 0.25) is 0 Å². The summed E-state index contributed by atoms with van der Waals surface area (Å²) >= 11 is 11.9. The van der Waals surface area contributed by atoms with Crippen LogP contribution in [0.5, 0.6) is 0 Å². The van der Waals surface area contributed by atoms with Crippen molar-refractivity contribution >= 4 is 23.2 Å². The molecule has 114 valence electrons. The minimum atomic E-state index is 0.710. The van der Waals surface area contributed by atoms with Crippen molar-refractivity contribution in [1.29, 1.82) is 0 Å². The fourth-order valence-electron chi connectivity index (χ4n) is 2.33. The monoisotopic (exact) mass is 315 g/mol. The molecule has 0 atom stereocenters. The molecule has 3 heteroatoms. The van der Waals surface area contributed by atoms with E-state index in [-0.39, 0.29) is 0 Å². The summed E-state index contributed by atoms with van der Waals surface area (Å²) in [5, 5.41) is 4.87. The van der Waals surface area contributed by atoms with Gasteiger partial charge in [-0.1, -0.05) is 75.1 Å². The summed E-state index contributed by atoms with van der Waals surface area (Å²) in [6.45, 7) is 4.18. The van der Waals surface area contributed by atoms with E-state index >= 15 is 0 Å². The van der Waals surface area contributed by atoms with Crippen LogP contribution in [-0.2, 0) is 6.54 Å². The van der Waals surface area contributed by atoms with Gasteiger partial charge >= 0.3 is 0 Å². The number of unbranched alkanes of at least 4 members (excludes halogenated alkanes) is 7. The molecule has 0 amide bonds. The van der Waals surface area contributed by atoms with Crippen molar-refractivity contribution in [1.82, 2.24) is 5.32 Å².